The summed E-state index contributed by atoms with van der Waals surface area (Å²) in [6.07, 6.45) is 4.14. The van der Waals surface area contributed by atoms with Crippen LogP contribution in [-0.2, 0) is 18.2 Å². The van der Waals surface area contributed by atoms with Gasteiger partial charge in [-0.25, -0.2) is 0 Å². The third kappa shape index (κ3) is 2.58. The lowest BCUT2D eigenvalue weighted by Crippen LogP contribution is -2.39. The van der Waals surface area contributed by atoms with Crippen molar-refractivity contribution in [1.29, 1.82) is 0 Å². The second-order valence-corrected chi connectivity index (χ2v) is 4.99. The maximum Gasteiger partial charge on any atom is 0.0670 e. The Balaban J connectivity index is 2.20. The molecule has 1 fully saturated rings. The molecule has 2 heterocycles. The van der Waals surface area contributed by atoms with E-state index in [4.69, 9.17) is 10.5 Å². The van der Waals surface area contributed by atoms with Gasteiger partial charge in [0.25, 0.3) is 0 Å². The Morgan fingerprint density at radius 2 is 2.44 bits per heavy atom. The molecule has 102 valence electrons. The Kier molecular flexibility index (Phi) is 4.37. The molecular weight excluding hydrogens is 228 g/mol. The highest BCUT2D eigenvalue weighted by molar-refractivity contribution is 5.22. The van der Waals surface area contributed by atoms with Gasteiger partial charge in [0.15, 0.2) is 0 Å². The average Bonchev–Trinajstić information content (AvgIpc) is 2.99. The summed E-state index contributed by atoms with van der Waals surface area (Å²) in [5.41, 5.74) is 8.40. The third-order valence-corrected chi connectivity index (χ3v) is 3.83. The van der Waals surface area contributed by atoms with Crippen LogP contribution in [0.25, 0.3) is 0 Å². The number of hydrogen-bond acceptors (Lipinski definition) is 4. The second kappa shape index (κ2) is 5.82. The SMILES string of the molecule is CCc1nn(C)cc1C(CN)N(C)C1CCOC1. The van der Waals surface area contributed by atoms with Gasteiger partial charge in [0.1, 0.15) is 0 Å². The van der Waals surface area contributed by atoms with Gasteiger partial charge in [-0.2, -0.15) is 5.10 Å². The van der Waals surface area contributed by atoms with E-state index in [9.17, 15) is 0 Å². The molecule has 1 aliphatic heterocycles. The van der Waals surface area contributed by atoms with Crippen LogP contribution < -0.4 is 5.73 Å². The first-order chi connectivity index (χ1) is 8.67. The van der Waals surface area contributed by atoms with Crippen molar-refractivity contribution >= 4 is 0 Å². The molecule has 0 amide bonds. The van der Waals surface area contributed by atoms with Crippen LogP contribution in [0.2, 0.25) is 0 Å². The van der Waals surface area contributed by atoms with Crippen LogP contribution in [-0.4, -0.2) is 47.5 Å². The lowest BCUT2D eigenvalue weighted by atomic mass is 10.0. The molecule has 1 aromatic rings. The topological polar surface area (TPSA) is 56.3 Å². The number of hydrogen-bond donors (Lipinski definition) is 1. The molecule has 0 spiro atoms. The monoisotopic (exact) mass is 252 g/mol. The Morgan fingerprint density at radius 3 is 3.00 bits per heavy atom. The van der Waals surface area contributed by atoms with Crippen molar-refractivity contribution in [3.8, 4) is 0 Å². The quantitative estimate of drug-likeness (QED) is 0.838. The van der Waals surface area contributed by atoms with E-state index in [1.165, 1.54) is 5.56 Å². The molecule has 2 atom stereocenters. The standard InChI is InChI=1S/C13H24N4O/c1-4-12-11(8-16(2)15-12)13(7-14)17(3)10-5-6-18-9-10/h8,10,13H,4-7,9,14H2,1-3H3. The molecule has 2 N–H and O–H groups in total. The molecular formula is C13H24N4O. The summed E-state index contributed by atoms with van der Waals surface area (Å²) < 4.78 is 7.35. The fourth-order valence-electron chi connectivity index (χ4n) is 2.72. The second-order valence-electron chi connectivity index (χ2n) is 4.99. The van der Waals surface area contributed by atoms with Gasteiger partial charge < -0.3 is 10.5 Å². The van der Waals surface area contributed by atoms with Crippen molar-refractivity contribution in [3.63, 3.8) is 0 Å². The summed E-state index contributed by atoms with van der Waals surface area (Å²) in [7, 11) is 4.11. The minimum atomic E-state index is 0.236. The molecule has 0 aromatic carbocycles. The Morgan fingerprint density at radius 1 is 1.67 bits per heavy atom. The molecule has 1 saturated heterocycles. The highest BCUT2D eigenvalue weighted by Gasteiger charge is 2.28. The lowest BCUT2D eigenvalue weighted by molar-refractivity contribution is 0.134. The van der Waals surface area contributed by atoms with Crippen LogP contribution in [0.15, 0.2) is 6.20 Å². The minimum absolute atomic E-state index is 0.236. The smallest absolute Gasteiger partial charge is 0.0670 e. The number of aromatic nitrogens is 2. The fourth-order valence-corrected chi connectivity index (χ4v) is 2.72. The van der Waals surface area contributed by atoms with E-state index in [2.05, 4.69) is 30.2 Å². The minimum Gasteiger partial charge on any atom is -0.380 e. The predicted octanol–water partition coefficient (Wildman–Crippen LogP) is 0.703. The van der Waals surface area contributed by atoms with Crippen molar-refractivity contribution in [2.45, 2.75) is 31.8 Å². The first kappa shape index (κ1) is 13.5. The van der Waals surface area contributed by atoms with E-state index in [-0.39, 0.29) is 6.04 Å². The van der Waals surface area contributed by atoms with Gasteiger partial charge >= 0.3 is 0 Å². The van der Waals surface area contributed by atoms with E-state index >= 15 is 0 Å². The molecule has 0 bridgehead atoms. The molecule has 2 unspecified atom stereocenters. The van der Waals surface area contributed by atoms with Crippen molar-refractivity contribution in [2.75, 3.05) is 26.8 Å². The maximum atomic E-state index is 5.99. The van der Waals surface area contributed by atoms with E-state index < -0.39 is 0 Å². The van der Waals surface area contributed by atoms with Crippen molar-refractivity contribution in [2.24, 2.45) is 12.8 Å². The van der Waals surface area contributed by atoms with Crippen LogP contribution >= 0.6 is 0 Å². The van der Waals surface area contributed by atoms with Gasteiger partial charge in [-0.1, -0.05) is 6.92 Å². The van der Waals surface area contributed by atoms with Gasteiger partial charge in [0.2, 0.25) is 0 Å². The first-order valence-corrected chi connectivity index (χ1v) is 6.69. The summed E-state index contributed by atoms with van der Waals surface area (Å²) in [6.45, 7) is 4.43. The molecule has 0 radical (unpaired) electrons. The van der Waals surface area contributed by atoms with E-state index in [1.807, 2.05) is 11.7 Å². The van der Waals surface area contributed by atoms with E-state index in [0.29, 0.717) is 12.6 Å². The molecule has 0 saturated carbocycles. The fraction of sp³-hybridized carbons (Fsp3) is 0.769. The molecule has 5 heteroatoms. The number of nitrogens with zero attached hydrogens (tertiary/aromatic N) is 3. The summed E-state index contributed by atoms with van der Waals surface area (Å²) in [5.74, 6) is 0. The Bertz CT molecular complexity index is 384. The first-order valence-electron chi connectivity index (χ1n) is 6.69. The van der Waals surface area contributed by atoms with Crippen molar-refractivity contribution in [1.82, 2.24) is 14.7 Å². The zero-order valence-electron chi connectivity index (χ0n) is 11.6. The maximum absolute atomic E-state index is 5.99. The van der Waals surface area contributed by atoms with Gasteiger partial charge in [-0.15, -0.1) is 0 Å². The van der Waals surface area contributed by atoms with Crippen LogP contribution in [0.4, 0.5) is 0 Å². The van der Waals surface area contributed by atoms with Crippen LogP contribution in [0.5, 0.6) is 0 Å². The lowest BCUT2D eigenvalue weighted by Gasteiger charge is -2.31. The largest absolute Gasteiger partial charge is 0.380 e. The zero-order valence-corrected chi connectivity index (χ0v) is 11.6. The number of nitrogens with two attached hydrogens (primary N) is 1. The number of ether oxygens (including phenoxy) is 1. The highest BCUT2D eigenvalue weighted by atomic mass is 16.5. The van der Waals surface area contributed by atoms with E-state index in [0.717, 1.165) is 31.7 Å². The third-order valence-electron chi connectivity index (χ3n) is 3.83. The molecule has 5 nitrogen and oxygen atoms in total. The molecule has 2 rings (SSSR count). The highest BCUT2D eigenvalue weighted by Crippen LogP contribution is 2.26. The Labute approximate surface area is 109 Å². The molecule has 0 aliphatic carbocycles. The van der Waals surface area contributed by atoms with Crippen LogP contribution in [0.1, 0.15) is 30.6 Å². The molecule has 1 aliphatic rings. The van der Waals surface area contributed by atoms with Crippen LogP contribution in [0, 0.1) is 0 Å². The normalized spacial score (nSPS) is 21.7. The summed E-state index contributed by atoms with van der Waals surface area (Å²) in [4.78, 5) is 2.35. The Hall–Kier alpha value is -0.910. The van der Waals surface area contributed by atoms with Gasteiger partial charge in [0, 0.05) is 38.0 Å². The zero-order chi connectivity index (χ0) is 13.1. The molecule has 18 heavy (non-hydrogen) atoms. The predicted molar refractivity (Wildman–Crippen MR) is 71.4 cm³/mol. The van der Waals surface area contributed by atoms with Gasteiger partial charge in [-0.3, -0.25) is 9.58 Å². The average molecular weight is 252 g/mol. The van der Waals surface area contributed by atoms with Crippen molar-refractivity contribution in [3.05, 3.63) is 17.5 Å². The summed E-state index contributed by atoms with van der Waals surface area (Å²) in [6, 6.07) is 0.712. The number of rotatable bonds is 5. The molecule has 1 aromatic heterocycles. The summed E-state index contributed by atoms with van der Waals surface area (Å²) in [5, 5.41) is 4.51. The number of likely N-dealkylation sites (N-methyl/N-ethyl adjacent to an activating group) is 1. The number of aryl methyl sites for hydroxylation is 2. The van der Waals surface area contributed by atoms with E-state index in [1.54, 1.807) is 0 Å². The summed E-state index contributed by atoms with van der Waals surface area (Å²) >= 11 is 0. The van der Waals surface area contributed by atoms with Gasteiger partial charge in [0.05, 0.1) is 18.3 Å². The van der Waals surface area contributed by atoms with Gasteiger partial charge in [-0.05, 0) is 19.9 Å². The van der Waals surface area contributed by atoms with Crippen LogP contribution in [0.3, 0.4) is 0 Å². The van der Waals surface area contributed by atoms with Crippen molar-refractivity contribution < 1.29 is 4.74 Å².